The van der Waals surface area contributed by atoms with Crippen LogP contribution in [0.3, 0.4) is 0 Å². The lowest BCUT2D eigenvalue weighted by atomic mass is 10.1. The molecule has 2 aromatic carbocycles. The highest BCUT2D eigenvalue weighted by Gasteiger charge is 2.24. The molecule has 0 fully saturated rings. The van der Waals surface area contributed by atoms with E-state index in [-0.39, 0.29) is 5.91 Å². The minimum Gasteiger partial charge on any atom is -0.372 e. The monoisotopic (exact) mass is 294 g/mol. The van der Waals surface area contributed by atoms with Gasteiger partial charge in [0.25, 0.3) is 5.91 Å². The van der Waals surface area contributed by atoms with Gasteiger partial charge in [-0.25, -0.2) is 0 Å². The number of hydrogen-bond donors (Lipinski definition) is 0. The summed E-state index contributed by atoms with van der Waals surface area (Å²) in [5, 5.41) is 0. The van der Waals surface area contributed by atoms with Gasteiger partial charge < -0.3 is 9.80 Å². The molecule has 2 aromatic rings. The van der Waals surface area contributed by atoms with Crippen LogP contribution in [0.15, 0.2) is 48.5 Å². The fourth-order valence-corrected chi connectivity index (χ4v) is 3.11. The molecule has 0 radical (unpaired) electrons. The van der Waals surface area contributed by atoms with Gasteiger partial charge in [-0.3, -0.25) is 4.79 Å². The van der Waals surface area contributed by atoms with E-state index in [9.17, 15) is 4.79 Å². The van der Waals surface area contributed by atoms with Gasteiger partial charge >= 0.3 is 0 Å². The smallest absolute Gasteiger partial charge is 0.258 e. The van der Waals surface area contributed by atoms with Crippen LogP contribution in [-0.2, 0) is 6.42 Å². The third kappa shape index (κ3) is 2.59. The van der Waals surface area contributed by atoms with Crippen molar-refractivity contribution in [3.8, 4) is 0 Å². The van der Waals surface area contributed by atoms with Crippen molar-refractivity contribution in [1.82, 2.24) is 0 Å². The summed E-state index contributed by atoms with van der Waals surface area (Å²) in [6.07, 6.45) is 0.944. The zero-order valence-electron chi connectivity index (χ0n) is 13.2. The summed E-state index contributed by atoms with van der Waals surface area (Å²) in [6.45, 7) is 7.01. The third-order valence-electron chi connectivity index (χ3n) is 4.38. The van der Waals surface area contributed by atoms with Crippen LogP contribution in [0.5, 0.6) is 0 Å². The van der Waals surface area contributed by atoms with E-state index in [2.05, 4.69) is 24.8 Å². The highest BCUT2D eigenvalue weighted by atomic mass is 16.2. The number of carbonyl (C=O) groups excluding carboxylic acids is 1. The first-order valence-electron chi connectivity index (χ1n) is 7.99. The van der Waals surface area contributed by atoms with Crippen LogP contribution in [0.25, 0.3) is 0 Å². The molecular formula is C19H22N2O. The van der Waals surface area contributed by atoms with Crippen LogP contribution in [0.2, 0.25) is 0 Å². The van der Waals surface area contributed by atoms with Crippen molar-refractivity contribution >= 4 is 17.3 Å². The number of fused-ring (bicyclic) bond motifs is 1. The van der Waals surface area contributed by atoms with Crippen LogP contribution in [0, 0.1) is 0 Å². The normalized spacial score (nSPS) is 13.1. The largest absolute Gasteiger partial charge is 0.372 e. The SMILES string of the molecule is CCN(CC)c1ccc(C(=O)N2CCc3ccccc32)cc1. The maximum atomic E-state index is 12.7. The lowest BCUT2D eigenvalue weighted by molar-refractivity contribution is 0.0989. The molecule has 0 saturated heterocycles. The van der Waals surface area contributed by atoms with Gasteiger partial charge in [-0.1, -0.05) is 18.2 Å². The standard InChI is InChI=1S/C19H22N2O/c1-3-20(4-2)17-11-9-16(10-12-17)19(22)21-14-13-15-7-5-6-8-18(15)21/h5-12H,3-4,13-14H2,1-2H3. The minimum absolute atomic E-state index is 0.0936. The lowest BCUT2D eigenvalue weighted by Crippen LogP contribution is -2.29. The summed E-state index contributed by atoms with van der Waals surface area (Å²) < 4.78 is 0. The number of anilines is 2. The number of para-hydroxylation sites is 1. The predicted molar refractivity (Wildman–Crippen MR) is 91.8 cm³/mol. The molecule has 1 amide bonds. The Morgan fingerprint density at radius 2 is 1.73 bits per heavy atom. The summed E-state index contributed by atoms with van der Waals surface area (Å²) >= 11 is 0. The Balaban J connectivity index is 1.82. The zero-order chi connectivity index (χ0) is 15.5. The van der Waals surface area contributed by atoms with Gasteiger partial charge in [-0.15, -0.1) is 0 Å². The maximum absolute atomic E-state index is 12.7. The molecule has 3 heteroatoms. The van der Waals surface area contributed by atoms with E-state index in [1.54, 1.807) is 0 Å². The maximum Gasteiger partial charge on any atom is 0.258 e. The Kier molecular flexibility index (Phi) is 4.14. The Morgan fingerprint density at radius 3 is 2.41 bits per heavy atom. The summed E-state index contributed by atoms with van der Waals surface area (Å²) in [4.78, 5) is 16.9. The first-order chi connectivity index (χ1) is 10.7. The summed E-state index contributed by atoms with van der Waals surface area (Å²) in [7, 11) is 0. The fourth-order valence-electron chi connectivity index (χ4n) is 3.11. The van der Waals surface area contributed by atoms with Crippen LogP contribution in [0.4, 0.5) is 11.4 Å². The number of rotatable bonds is 4. The van der Waals surface area contributed by atoms with E-state index in [0.29, 0.717) is 0 Å². The molecular weight excluding hydrogens is 272 g/mol. The quantitative estimate of drug-likeness (QED) is 0.857. The van der Waals surface area contributed by atoms with Gasteiger partial charge in [0, 0.05) is 36.6 Å². The number of benzene rings is 2. The van der Waals surface area contributed by atoms with Gasteiger partial charge in [-0.05, 0) is 56.2 Å². The van der Waals surface area contributed by atoms with Crippen LogP contribution in [0.1, 0.15) is 29.8 Å². The van der Waals surface area contributed by atoms with Crippen molar-refractivity contribution < 1.29 is 4.79 Å². The summed E-state index contributed by atoms with van der Waals surface area (Å²) in [5.74, 6) is 0.0936. The molecule has 0 unspecified atom stereocenters. The topological polar surface area (TPSA) is 23.6 Å². The fraction of sp³-hybridized carbons (Fsp3) is 0.316. The molecule has 0 atom stereocenters. The van der Waals surface area contributed by atoms with Crippen molar-refractivity contribution in [3.63, 3.8) is 0 Å². The van der Waals surface area contributed by atoms with Crippen LogP contribution >= 0.6 is 0 Å². The highest BCUT2D eigenvalue weighted by molar-refractivity contribution is 6.07. The first-order valence-corrected chi connectivity index (χ1v) is 7.99. The third-order valence-corrected chi connectivity index (χ3v) is 4.38. The van der Waals surface area contributed by atoms with E-state index in [0.717, 1.165) is 37.3 Å². The lowest BCUT2D eigenvalue weighted by Gasteiger charge is -2.22. The van der Waals surface area contributed by atoms with E-state index in [1.165, 1.54) is 11.3 Å². The highest BCUT2D eigenvalue weighted by Crippen LogP contribution is 2.29. The molecule has 0 aromatic heterocycles. The Labute approximate surface area is 132 Å². The Bertz CT molecular complexity index is 659. The van der Waals surface area contributed by atoms with Crippen molar-refractivity contribution in [2.24, 2.45) is 0 Å². The van der Waals surface area contributed by atoms with Gasteiger partial charge in [0.15, 0.2) is 0 Å². The summed E-state index contributed by atoms with van der Waals surface area (Å²) in [6, 6.07) is 16.1. The molecule has 3 rings (SSSR count). The molecule has 3 nitrogen and oxygen atoms in total. The molecule has 0 bridgehead atoms. The van der Waals surface area contributed by atoms with E-state index in [4.69, 9.17) is 0 Å². The van der Waals surface area contributed by atoms with E-state index < -0.39 is 0 Å². The van der Waals surface area contributed by atoms with Gasteiger partial charge in [-0.2, -0.15) is 0 Å². The summed E-state index contributed by atoms with van der Waals surface area (Å²) in [5.41, 5.74) is 4.24. The zero-order valence-corrected chi connectivity index (χ0v) is 13.2. The van der Waals surface area contributed by atoms with Gasteiger partial charge in [0.05, 0.1) is 0 Å². The van der Waals surface area contributed by atoms with Crippen molar-refractivity contribution in [2.45, 2.75) is 20.3 Å². The van der Waals surface area contributed by atoms with E-state index in [1.807, 2.05) is 47.4 Å². The average molecular weight is 294 g/mol. The second-order valence-corrected chi connectivity index (χ2v) is 5.55. The average Bonchev–Trinajstić information content (AvgIpc) is 3.00. The predicted octanol–water partition coefficient (Wildman–Crippen LogP) is 3.74. The van der Waals surface area contributed by atoms with E-state index >= 15 is 0 Å². The van der Waals surface area contributed by atoms with Crippen molar-refractivity contribution in [2.75, 3.05) is 29.4 Å². The van der Waals surface area contributed by atoms with Crippen molar-refractivity contribution in [3.05, 3.63) is 59.7 Å². The number of nitrogens with zero attached hydrogens (tertiary/aromatic N) is 2. The van der Waals surface area contributed by atoms with Crippen LogP contribution in [-0.4, -0.2) is 25.5 Å². The molecule has 22 heavy (non-hydrogen) atoms. The molecule has 0 aliphatic carbocycles. The molecule has 1 aliphatic rings. The molecule has 1 aliphatic heterocycles. The van der Waals surface area contributed by atoms with Gasteiger partial charge in [0.1, 0.15) is 0 Å². The second kappa shape index (κ2) is 6.22. The van der Waals surface area contributed by atoms with Gasteiger partial charge in [0.2, 0.25) is 0 Å². The molecule has 1 heterocycles. The minimum atomic E-state index is 0.0936. The Hall–Kier alpha value is -2.29. The second-order valence-electron chi connectivity index (χ2n) is 5.55. The van der Waals surface area contributed by atoms with Crippen molar-refractivity contribution in [1.29, 1.82) is 0 Å². The number of hydrogen-bond acceptors (Lipinski definition) is 2. The molecule has 114 valence electrons. The molecule has 0 N–H and O–H groups in total. The Morgan fingerprint density at radius 1 is 1.05 bits per heavy atom. The molecule has 0 saturated carbocycles. The van der Waals surface area contributed by atoms with Crippen LogP contribution < -0.4 is 9.80 Å². The first kappa shape index (κ1) is 14.6. The molecule has 0 spiro atoms. The number of amides is 1. The number of carbonyl (C=O) groups is 1.